The van der Waals surface area contributed by atoms with Crippen molar-refractivity contribution in [1.82, 2.24) is 4.31 Å². The standard InChI is InChI=1S/C12H15ClN2O2S/c1-9-4-6-15(7-5-9)18(16,17)12-8-10(14)2-3-11(12)13/h2-4,8H,5-7,14H2,1H3. The number of anilines is 1. The molecule has 0 atom stereocenters. The zero-order chi connectivity index (χ0) is 13.3. The molecule has 0 spiro atoms. The van der Waals surface area contributed by atoms with E-state index in [0.717, 1.165) is 6.42 Å². The first-order valence-corrected chi connectivity index (χ1v) is 7.44. The lowest BCUT2D eigenvalue weighted by Gasteiger charge is -2.25. The van der Waals surface area contributed by atoms with Gasteiger partial charge in [0.2, 0.25) is 10.0 Å². The molecule has 4 nitrogen and oxygen atoms in total. The van der Waals surface area contributed by atoms with Gasteiger partial charge in [0.05, 0.1) is 5.02 Å². The number of nitrogen functional groups attached to an aromatic ring is 1. The minimum absolute atomic E-state index is 0.0807. The van der Waals surface area contributed by atoms with Crippen LogP contribution >= 0.6 is 11.6 Å². The van der Waals surface area contributed by atoms with E-state index in [-0.39, 0.29) is 9.92 Å². The predicted molar refractivity (Wildman–Crippen MR) is 73.0 cm³/mol. The molecule has 1 aliphatic rings. The van der Waals surface area contributed by atoms with Gasteiger partial charge in [-0.25, -0.2) is 8.42 Å². The summed E-state index contributed by atoms with van der Waals surface area (Å²) in [6.45, 7) is 2.87. The third kappa shape index (κ3) is 2.53. The van der Waals surface area contributed by atoms with Gasteiger partial charge in [-0.05, 0) is 31.5 Å². The van der Waals surface area contributed by atoms with E-state index < -0.39 is 10.0 Å². The van der Waals surface area contributed by atoms with Crippen LogP contribution in [0, 0.1) is 0 Å². The summed E-state index contributed by atoms with van der Waals surface area (Å²) in [6, 6.07) is 4.50. The summed E-state index contributed by atoms with van der Waals surface area (Å²) in [5.74, 6) is 0. The Bertz CT molecular complexity index is 596. The molecule has 98 valence electrons. The van der Waals surface area contributed by atoms with E-state index >= 15 is 0 Å². The SMILES string of the molecule is CC1=CCN(S(=O)(=O)c2cc(N)ccc2Cl)CC1. The van der Waals surface area contributed by atoms with Crippen molar-refractivity contribution in [2.75, 3.05) is 18.8 Å². The van der Waals surface area contributed by atoms with Crippen molar-refractivity contribution < 1.29 is 8.42 Å². The van der Waals surface area contributed by atoms with E-state index in [2.05, 4.69) is 0 Å². The fourth-order valence-corrected chi connectivity index (χ4v) is 3.72. The molecule has 0 aromatic heterocycles. The summed E-state index contributed by atoms with van der Waals surface area (Å²) < 4.78 is 26.3. The third-order valence-corrected chi connectivity index (χ3v) is 5.32. The summed E-state index contributed by atoms with van der Waals surface area (Å²) in [6.07, 6.45) is 2.67. The average molecular weight is 287 g/mol. The van der Waals surface area contributed by atoms with Crippen LogP contribution in [0.1, 0.15) is 13.3 Å². The van der Waals surface area contributed by atoms with Crippen molar-refractivity contribution in [2.45, 2.75) is 18.2 Å². The summed E-state index contributed by atoms with van der Waals surface area (Å²) in [4.78, 5) is 0.0807. The Morgan fingerprint density at radius 2 is 2.11 bits per heavy atom. The number of nitrogens with two attached hydrogens (primary N) is 1. The minimum atomic E-state index is -3.56. The van der Waals surface area contributed by atoms with E-state index in [1.807, 2.05) is 13.0 Å². The van der Waals surface area contributed by atoms with Crippen LogP contribution in [0.4, 0.5) is 5.69 Å². The van der Waals surface area contributed by atoms with Crippen LogP contribution in [0.2, 0.25) is 5.02 Å². The van der Waals surface area contributed by atoms with Crippen molar-refractivity contribution in [3.8, 4) is 0 Å². The normalized spacial score (nSPS) is 17.6. The van der Waals surface area contributed by atoms with E-state index in [9.17, 15) is 8.42 Å². The van der Waals surface area contributed by atoms with Crippen LogP contribution in [0.25, 0.3) is 0 Å². The third-order valence-electron chi connectivity index (χ3n) is 2.97. The molecule has 6 heteroatoms. The number of halogens is 1. The topological polar surface area (TPSA) is 63.4 Å². The predicted octanol–water partition coefficient (Wildman–Crippen LogP) is 2.26. The number of hydrogen-bond donors (Lipinski definition) is 1. The van der Waals surface area contributed by atoms with E-state index in [0.29, 0.717) is 18.8 Å². The Kier molecular flexibility index (Phi) is 3.66. The summed E-state index contributed by atoms with van der Waals surface area (Å²) >= 11 is 5.95. The Morgan fingerprint density at radius 1 is 1.39 bits per heavy atom. The van der Waals surface area contributed by atoms with E-state index in [4.69, 9.17) is 17.3 Å². The number of hydrogen-bond acceptors (Lipinski definition) is 3. The first-order chi connectivity index (χ1) is 8.41. The maximum Gasteiger partial charge on any atom is 0.244 e. The van der Waals surface area contributed by atoms with E-state index in [1.54, 1.807) is 6.07 Å². The van der Waals surface area contributed by atoms with Crippen molar-refractivity contribution >= 4 is 27.3 Å². The maximum atomic E-state index is 12.4. The molecule has 0 bridgehead atoms. The van der Waals surface area contributed by atoms with Crippen LogP contribution in [0.5, 0.6) is 0 Å². The average Bonchev–Trinajstić information content (AvgIpc) is 2.32. The number of nitrogens with zero attached hydrogens (tertiary/aromatic N) is 1. The first kappa shape index (κ1) is 13.4. The van der Waals surface area contributed by atoms with Gasteiger partial charge < -0.3 is 5.73 Å². The maximum absolute atomic E-state index is 12.4. The van der Waals surface area contributed by atoms with Gasteiger partial charge in [0.25, 0.3) is 0 Å². The van der Waals surface area contributed by atoms with Crippen molar-refractivity contribution in [3.63, 3.8) is 0 Å². The summed E-state index contributed by atoms with van der Waals surface area (Å²) in [7, 11) is -3.56. The van der Waals surface area contributed by atoms with Gasteiger partial charge in [0.1, 0.15) is 4.90 Å². The molecular weight excluding hydrogens is 272 g/mol. The second kappa shape index (κ2) is 4.91. The Morgan fingerprint density at radius 3 is 2.72 bits per heavy atom. The lowest BCUT2D eigenvalue weighted by Crippen LogP contribution is -2.34. The minimum Gasteiger partial charge on any atom is -0.399 e. The molecule has 0 radical (unpaired) electrons. The Labute approximate surface area is 112 Å². The summed E-state index contributed by atoms with van der Waals surface area (Å²) in [5, 5.41) is 0.204. The van der Waals surface area contributed by atoms with Crippen LogP contribution in [-0.2, 0) is 10.0 Å². The second-order valence-electron chi connectivity index (χ2n) is 4.35. The second-order valence-corrected chi connectivity index (χ2v) is 6.67. The molecule has 0 unspecified atom stereocenters. The highest BCUT2D eigenvalue weighted by molar-refractivity contribution is 7.89. The van der Waals surface area contributed by atoms with Gasteiger partial charge in [-0.3, -0.25) is 0 Å². The largest absolute Gasteiger partial charge is 0.399 e. The lowest BCUT2D eigenvalue weighted by molar-refractivity contribution is 0.431. The monoisotopic (exact) mass is 286 g/mol. The Balaban J connectivity index is 2.40. The molecule has 1 aromatic rings. The zero-order valence-corrected chi connectivity index (χ0v) is 11.6. The molecule has 0 fully saturated rings. The highest BCUT2D eigenvalue weighted by Gasteiger charge is 2.27. The molecule has 1 aliphatic heterocycles. The number of rotatable bonds is 2. The zero-order valence-electron chi connectivity index (χ0n) is 10.1. The molecule has 0 saturated heterocycles. The molecule has 0 amide bonds. The van der Waals surface area contributed by atoms with Crippen LogP contribution in [0.15, 0.2) is 34.7 Å². The molecule has 2 N–H and O–H groups in total. The first-order valence-electron chi connectivity index (χ1n) is 5.62. The van der Waals surface area contributed by atoms with Crippen LogP contribution in [0.3, 0.4) is 0 Å². The molecular formula is C12H15ClN2O2S. The lowest BCUT2D eigenvalue weighted by atomic mass is 10.1. The fraction of sp³-hybridized carbons (Fsp3) is 0.333. The van der Waals surface area contributed by atoms with Gasteiger partial charge in [-0.2, -0.15) is 4.31 Å². The quantitative estimate of drug-likeness (QED) is 0.670. The molecule has 1 heterocycles. The van der Waals surface area contributed by atoms with Crippen molar-refractivity contribution in [2.24, 2.45) is 0 Å². The van der Waals surface area contributed by atoms with Gasteiger partial charge in [-0.15, -0.1) is 0 Å². The smallest absolute Gasteiger partial charge is 0.244 e. The molecule has 2 rings (SSSR count). The van der Waals surface area contributed by atoms with Crippen LogP contribution in [-0.4, -0.2) is 25.8 Å². The fourth-order valence-electron chi connectivity index (χ4n) is 1.83. The molecule has 0 saturated carbocycles. The molecule has 1 aromatic carbocycles. The summed E-state index contributed by atoms with van der Waals surface area (Å²) in [5.41, 5.74) is 7.22. The molecule has 0 aliphatic carbocycles. The highest BCUT2D eigenvalue weighted by Crippen LogP contribution is 2.28. The van der Waals surface area contributed by atoms with Gasteiger partial charge in [0.15, 0.2) is 0 Å². The van der Waals surface area contributed by atoms with Crippen molar-refractivity contribution in [3.05, 3.63) is 34.9 Å². The van der Waals surface area contributed by atoms with Gasteiger partial charge in [0, 0.05) is 18.8 Å². The van der Waals surface area contributed by atoms with Gasteiger partial charge in [-0.1, -0.05) is 23.3 Å². The van der Waals surface area contributed by atoms with Crippen LogP contribution < -0.4 is 5.73 Å². The number of benzene rings is 1. The highest BCUT2D eigenvalue weighted by atomic mass is 35.5. The van der Waals surface area contributed by atoms with Crippen molar-refractivity contribution in [1.29, 1.82) is 0 Å². The van der Waals surface area contributed by atoms with Gasteiger partial charge >= 0.3 is 0 Å². The molecule has 18 heavy (non-hydrogen) atoms. The van der Waals surface area contributed by atoms with E-state index in [1.165, 1.54) is 22.0 Å². The Hall–Kier alpha value is -1.04. The number of sulfonamides is 1.